The number of amides is 3. The average Bonchev–Trinajstić information content (AvgIpc) is 3.10. The van der Waals surface area contributed by atoms with E-state index in [0.717, 1.165) is 12.5 Å². The van der Waals surface area contributed by atoms with Crippen molar-refractivity contribution in [1.82, 2.24) is 15.2 Å². The van der Waals surface area contributed by atoms with Crippen LogP contribution in [0.3, 0.4) is 0 Å². The van der Waals surface area contributed by atoms with E-state index in [1.54, 1.807) is 5.38 Å². The molecular formula is C18H22F2N4O2S. The maximum absolute atomic E-state index is 13.8. The third-order valence-corrected chi connectivity index (χ3v) is 4.43. The van der Waals surface area contributed by atoms with Crippen LogP contribution >= 0.6 is 11.3 Å². The second-order valence-corrected chi connectivity index (χ2v) is 6.80. The number of anilines is 1. The first-order valence-corrected chi connectivity index (χ1v) is 9.56. The van der Waals surface area contributed by atoms with Gasteiger partial charge in [0.15, 0.2) is 0 Å². The Morgan fingerprint density at radius 2 is 2.00 bits per heavy atom. The van der Waals surface area contributed by atoms with Crippen molar-refractivity contribution < 1.29 is 18.4 Å². The van der Waals surface area contributed by atoms with Crippen LogP contribution in [-0.2, 0) is 6.54 Å². The minimum absolute atomic E-state index is 0.0960. The van der Waals surface area contributed by atoms with E-state index in [1.807, 2.05) is 13.8 Å². The van der Waals surface area contributed by atoms with Gasteiger partial charge in [0.1, 0.15) is 22.3 Å². The molecule has 2 N–H and O–H groups in total. The Hall–Kier alpha value is -2.55. The molecule has 0 unspecified atom stereocenters. The number of hydrogen-bond donors (Lipinski definition) is 2. The first-order valence-electron chi connectivity index (χ1n) is 8.68. The standard InChI is InChI=1S/C18H22F2N4O2S/c1-3-7-21-17(25)15-11-27-16(22-15)10-24(8-4-2)18(26)23-14-6-5-12(19)9-13(14)20/h5-6,9,11H,3-4,7-8,10H2,1-2H3,(H,21,25)(H,23,26). The summed E-state index contributed by atoms with van der Waals surface area (Å²) in [6.45, 7) is 5.04. The smallest absolute Gasteiger partial charge is 0.322 e. The summed E-state index contributed by atoms with van der Waals surface area (Å²) in [5, 5.41) is 7.43. The quantitative estimate of drug-likeness (QED) is 0.708. The van der Waals surface area contributed by atoms with Crippen molar-refractivity contribution in [3.05, 3.63) is 45.9 Å². The lowest BCUT2D eigenvalue weighted by molar-refractivity contribution is 0.0949. The summed E-state index contributed by atoms with van der Waals surface area (Å²) >= 11 is 1.28. The number of halogens is 2. The molecule has 146 valence electrons. The molecule has 0 bridgehead atoms. The maximum atomic E-state index is 13.8. The van der Waals surface area contributed by atoms with Gasteiger partial charge in [-0.25, -0.2) is 18.6 Å². The molecule has 27 heavy (non-hydrogen) atoms. The number of nitrogens with one attached hydrogen (secondary N) is 2. The molecule has 1 heterocycles. The van der Waals surface area contributed by atoms with Crippen molar-refractivity contribution in [3.8, 4) is 0 Å². The molecule has 0 radical (unpaired) electrons. The summed E-state index contributed by atoms with van der Waals surface area (Å²) in [6.07, 6.45) is 1.52. The van der Waals surface area contributed by atoms with Crippen molar-refractivity contribution in [3.63, 3.8) is 0 Å². The van der Waals surface area contributed by atoms with Crippen LogP contribution in [0.1, 0.15) is 42.2 Å². The Labute approximate surface area is 160 Å². The van der Waals surface area contributed by atoms with Gasteiger partial charge in [-0.05, 0) is 25.0 Å². The molecule has 0 aliphatic rings. The number of urea groups is 1. The van der Waals surface area contributed by atoms with Gasteiger partial charge in [-0.3, -0.25) is 4.79 Å². The highest BCUT2D eigenvalue weighted by Gasteiger charge is 2.18. The number of rotatable bonds is 8. The van der Waals surface area contributed by atoms with Crippen molar-refractivity contribution >= 4 is 29.0 Å². The fourth-order valence-electron chi connectivity index (χ4n) is 2.29. The van der Waals surface area contributed by atoms with Crippen molar-refractivity contribution in [2.75, 3.05) is 18.4 Å². The fraction of sp³-hybridized carbons (Fsp3) is 0.389. The van der Waals surface area contributed by atoms with Crippen LogP contribution in [0.15, 0.2) is 23.6 Å². The van der Waals surface area contributed by atoms with Gasteiger partial charge >= 0.3 is 6.03 Å². The molecule has 3 amide bonds. The van der Waals surface area contributed by atoms with E-state index < -0.39 is 17.7 Å². The van der Waals surface area contributed by atoms with Crippen LogP contribution in [0.25, 0.3) is 0 Å². The number of thiazole rings is 1. The lowest BCUT2D eigenvalue weighted by Crippen LogP contribution is -2.35. The Bertz CT molecular complexity index is 797. The maximum Gasteiger partial charge on any atom is 0.322 e. The number of aromatic nitrogens is 1. The monoisotopic (exact) mass is 396 g/mol. The predicted molar refractivity (Wildman–Crippen MR) is 101 cm³/mol. The van der Waals surface area contributed by atoms with Gasteiger partial charge in [0.25, 0.3) is 5.91 Å². The topological polar surface area (TPSA) is 74.3 Å². The van der Waals surface area contributed by atoms with Crippen molar-refractivity contribution in [1.29, 1.82) is 0 Å². The molecule has 0 aliphatic carbocycles. The molecule has 0 fully saturated rings. The fourth-order valence-corrected chi connectivity index (χ4v) is 3.08. The molecule has 2 rings (SSSR count). The van der Waals surface area contributed by atoms with Gasteiger partial charge < -0.3 is 15.5 Å². The van der Waals surface area contributed by atoms with E-state index >= 15 is 0 Å². The van der Waals surface area contributed by atoms with Crippen molar-refractivity contribution in [2.45, 2.75) is 33.2 Å². The first-order chi connectivity index (χ1) is 12.9. The number of carbonyl (C=O) groups excluding carboxylic acids is 2. The summed E-state index contributed by atoms with van der Waals surface area (Å²) in [7, 11) is 0. The van der Waals surface area contributed by atoms with Gasteiger partial charge in [-0.1, -0.05) is 13.8 Å². The molecule has 2 aromatic rings. The Morgan fingerprint density at radius 1 is 1.22 bits per heavy atom. The van der Waals surface area contributed by atoms with E-state index in [2.05, 4.69) is 15.6 Å². The zero-order chi connectivity index (χ0) is 19.8. The third kappa shape index (κ3) is 5.99. The summed E-state index contributed by atoms with van der Waals surface area (Å²) < 4.78 is 26.7. The van der Waals surface area contributed by atoms with E-state index in [9.17, 15) is 18.4 Å². The summed E-state index contributed by atoms with van der Waals surface area (Å²) in [5.74, 6) is -1.81. The third-order valence-electron chi connectivity index (χ3n) is 3.60. The lowest BCUT2D eigenvalue weighted by Gasteiger charge is -2.21. The van der Waals surface area contributed by atoms with Gasteiger partial charge in [0.05, 0.1) is 12.2 Å². The Kier molecular flexibility index (Phi) is 7.66. The Balaban J connectivity index is 2.05. The zero-order valence-corrected chi connectivity index (χ0v) is 16.0. The molecule has 0 spiro atoms. The minimum atomic E-state index is -0.844. The molecule has 0 atom stereocenters. The molecule has 0 saturated heterocycles. The van der Waals surface area contributed by atoms with E-state index in [4.69, 9.17) is 0 Å². The molecule has 1 aromatic carbocycles. The van der Waals surface area contributed by atoms with Gasteiger partial charge in [0, 0.05) is 24.5 Å². The molecule has 0 saturated carbocycles. The van der Waals surface area contributed by atoms with Gasteiger partial charge in [-0.2, -0.15) is 0 Å². The van der Waals surface area contributed by atoms with Crippen LogP contribution in [0.4, 0.5) is 19.3 Å². The highest BCUT2D eigenvalue weighted by atomic mass is 32.1. The second-order valence-electron chi connectivity index (χ2n) is 5.86. The number of nitrogens with zero attached hydrogens (tertiary/aromatic N) is 2. The summed E-state index contributed by atoms with van der Waals surface area (Å²) in [4.78, 5) is 30.1. The van der Waals surface area contributed by atoms with Crippen molar-refractivity contribution in [2.24, 2.45) is 0 Å². The van der Waals surface area contributed by atoms with Gasteiger partial charge in [-0.15, -0.1) is 11.3 Å². The molecule has 6 nitrogen and oxygen atoms in total. The predicted octanol–water partition coefficient (Wildman–Crippen LogP) is 4.01. The minimum Gasteiger partial charge on any atom is -0.351 e. The van der Waals surface area contributed by atoms with Crippen LogP contribution < -0.4 is 10.6 Å². The zero-order valence-electron chi connectivity index (χ0n) is 15.2. The van der Waals surface area contributed by atoms with Crippen LogP contribution in [0, 0.1) is 11.6 Å². The molecule has 9 heteroatoms. The lowest BCUT2D eigenvalue weighted by atomic mass is 10.3. The molecule has 0 aliphatic heterocycles. The Morgan fingerprint density at radius 3 is 2.67 bits per heavy atom. The van der Waals surface area contributed by atoms with Crippen LogP contribution in [0.2, 0.25) is 0 Å². The van der Waals surface area contributed by atoms with Crippen LogP contribution in [0.5, 0.6) is 0 Å². The first kappa shape index (κ1) is 20.8. The number of benzene rings is 1. The molecule has 1 aromatic heterocycles. The average molecular weight is 396 g/mol. The number of hydrogen-bond acceptors (Lipinski definition) is 4. The molecular weight excluding hydrogens is 374 g/mol. The second kappa shape index (κ2) is 9.96. The van der Waals surface area contributed by atoms with Crippen LogP contribution in [-0.4, -0.2) is 34.9 Å². The van der Waals surface area contributed by atoms with E-state index in [0.29, 0.717) is 36.3 Å². The largest absolute Gasteiger partial charge is 0.351 e. The highest BCUT2D eigenvalue weighted by molar-refractivity contribution is 7.09. The van der Waals surface area contributed by atoms with Gasteiger partial charge in [0.2, 0.25) is 0 Å². The van der Waals surface area contributed by atoms with E-state index in [1.165, 1.54) is 22.3 Å². The normalized spacial score (nSPS) is 10.5. The van der Waals surface area contributed by atoms with E-state index in [-0.39, 0.29) is 18.1 Å². The number of carbonyl (C=O) groups is 2. The summed E-state index contributed by atoms with van der Waals surface area (Å²) in [5.41, 5.74) is 0.214. The summed E-state index contributed by atoms with van der Waals surface area (Å²) in [6, 6.07) is 2.44. The highest BCUT2D eigenvalue weighted by Crippen LogP contribution is 2.17. The SMILES string of the molecule is CCCNC(=O)c1csc(CN(CCC)C(=O)Nc2ccc(F)cc2F)n1.